The number of fused-ring (bicyclic) bond motifs is 2. The predicted octanol–water partition coefficient (Wildman–Crippen LogP) is 4.64. The quantitative estimate of drug-likeness (QED) is 0.376. The lowest BCUT2D eigenvalue weighted by molar-refractivity contribution is 0.0720. The molecule has 0 N–H and O–H groups in total. The van der Waals surface area contributed by atoms with Crippen LogP contribution in [0.1, 0.15) is 48.0 Å². The summed E-state index contributed by atoms with van der Waals surface area (Å²) in [6.45, 7) is 11.6. The number of benzene rings is 2. The van der Waals surface area contributed by atoms with E-state index in [9.17, 15) is 9.59 Å². The number of rotatable bonds is 11. The molecule has 0 bridgehead atoms. The lowest BCUT2D eigenvalue weighted by Crippen LogP contribution is -2.33. The Morgan fingerprint density at radius 1 is 1.11 bits per heavy atom. The molecule has 2 heterocycles. The Balaban J connectivity index is 1.80. The van der Waals surface area contributed by atoms with E-state index in [1.807, 2.05) is 24.3 Å². The molecule has 1 aliphatic rings. The van der Waals surface area contributed by atoms with Crippen molar-refractivity contribution in [3.8, 4) is 11.5 Å². The molecule has 0 fully saturated rings. The Bertz CT molecular complexity index is 1280. The van der Waals surface area contributed by atoms with Gasteiger partial charge in [-0.3, -0.25) is 9.59 Å². The maximum absolute atomic E-state index is 13.7. The highest BCUT2D eigenvalue weighted by Crippen LogP contribution is 2.39. The fraction of sp³-hybridized carbons (Fsp3) is 0.357. The third kappa shape index (κ3) is 4.82. The summed E-state index contributed by atoms with van der Waals surface area (Å²) in [4.78, 5) is 31.4. The SMILES string of the molecule is C=CCOc1cccc(C2c3c(oc4cc(OC)ccc4c3=O)C(=O)N2CCCN(CC)CC)c1. The van der Waals surface area contributed by atoms with E-state index >= 15 is 0 Å². The number of hydrogen-bond acceptors (Lipinski definition) is 6. The van der Waals surface area contributed by atoms with Crippen LogP contribution in [-0.4, -0.2) is 55.6 Å². The van der Waals surface area contributed by atoms with Crippen LogP contribution >= 0.6 is 0 Å². The van der Waals surface area contributed by atoms with E-state index in [2.05, 4.69) is 25.3 Å². The van der Waals surface area contributed by atoms with E-state index in [1.54, 1.807) is 36.3 Å². The van der Waals surface area contributed by atoms with Gasteiger partial charge in [0.15, 0.2) is 5.43 Å². The number of ether oxygens (including phenoxy) is 2. The molecular formula is C28H32N2O5. The fourth-order valence-corrected chi connectivity index (χ4v) is 4.64. The number of carbonyl (C=O) groups excluding carboxylic acids is 1. The summed E-state index contributed by atoms with van der Waals surface area (Å²) in [5, 5.41) is 0.423. The van der Waals surface area contributed by atoms with Crippen LogP contribution < -0.4 is 14.9 Å². The van der Waals surface area contributed by atoms with Crippen LogP contribution in [0.4, 0.5) is 0 Å². The predicted molar refractivity (Wildman–Crippen MR) is 136 cm³/mol. The standard InChI is InChI=1S/C28H32N2O5/c1-5-16-34-21-11-8-10-19(17-21)25-24-26(31)22-13-12-20(33-4)18-23(22)35-27(24)28(32)30(25)15-9-14-29(6-2)7-3/h5,8,10-13,17-18,25H,1,6-7,9,14-16H2,2-4H3. The smallest absolute Gasteiger partial charge is 0.290 e. The van der Waals surface area contributed by atoms with Gasteiger partial charge in [0.1, 0.15) is 23.7 Å². The van der Waals surface area contributed by atoms with Crippen LogP contribution in [0.3, 0.4) is 0 Å². The second-order valence-corrected chi connectivity index (χ2v) is 8.49. The minimum Gasteiger partial charge on any atom is -0.497 e. The average Bonchev–Trinajstić information content (AvgIpc) is 3.16. The van der Waals surface area contributed by atoms with Gasteiger partial charge >= 0.3 is 0 Å². The largest absolute Gasteiger partial charge is 0.497 e. The van der Waals surface area contributed by atoms with Crippen LogP contribution in [0.5, 0.6) is 11.5 Å². The molecule has 0 radical (unpaired) electrons. The van der Waals surface area contributed by atoms with Crippen molar-refractivity contribution in [2.45, 2.75) is 26.3 Å². The van der Waals surface area contributed by atoms with Crippen LogP contribution in [0.15, 0.2) is 64.3 Å². The van der Waals surface area contributed by atoms with Gasteiger partial charge in [-0.05, 0) is 55.9 Å². The first-order chi connectivity index (χ1) is 17.0. The summed E-state index contributed by atoms with van der Waals surface area (Å²) in [6.07, 6.45) is 2.46. The third-order valence-corrected chi connectivity index (χ3v) is 6.48. The Hall–Kier alpha value is -3.58. The lowest BCUT2D eigenvalue weighted by Gasteiger charge is -2.27. The van der Waals surface area contributed by atoms with E-state index in [1.165, 1.54) is 0 Å². The molecule has 7 heteroatoms. The third-order valence-electron chi connectivity index (χ3n) is 6.48. The molecular weight excluding hydrogens is 444 g/mol. The monoisotopic (exact) mass is 476 g/mol. The molecule has 1 aliphatic heterocycles. The number of hydrogen-bond donors (Lipinski definition) is 0. The van der Waals surface area contributed by atoms with Gasteiger partial charge in [-0.25, -0.2) is 0 Å². The van der Waals surface area contributed by atoms with Crippen molar-refractivity contribution < 1.29 is 18.7 Å². The first-order valence-corrected chi connectivity index (χ1v) is 12.0. The van der Waals surface area contributed by atoms with Crippen LogP contribution in [-0.2, 0) is 0 Å². The van der Waals surface area contributed by atoms with Gasteiger partial charge in [0, 0.05) is 12.6 Å². The molecule has 184 valence electrons. The number of nitrogens with zero attached hydrogens (tertiary/aromatic N) is 2. The van der Waals surface area contributed by atoms with Gasteiger partial charge < -0.3 is 23.7 Å². The van der Waals surface area contributed by atoms with E-state index < -0.39 is 6.04 Å². The normalized spacial score (nSPS) is 15.0. The number of carbonyl (C=O) groups is 1. The van der Waals surface area contributed by atoms with Crippen molar-refractivity contribution in [2.75, 3.05) is 39.9 Å². The van der Waals surface area contributed by atoms with Gasteiger partial charge in [0.25, 0.3) is 5.91 Å². The van der Waals surface area contributed by atoms with Gasteiger partial charge in [-0.2, -0.15) is 0 Å². The van der Waals surface area contributed by atoms with Crippen molar-refractivity contribution in [1.82, 2.24) is 9.80 Å². The highest BCUT2D eigenvalue weighted by molar-refractivity contribution is 5.99. The van der Waals surface area contributed by atoms with Crippen LogP contribution in [0, 0.1) is 0 Å². The zero-order valence-corrected chi connectivity index (χ0v) is 20.6. The van der Waals surface area contributed by atoms with Gasteiger partial charge in [0.2, 0.25) is 5.76 Å². The highest BCUT2D eigenvalue weighted by Gasteiger charge is 2.42. The molecule has 1 amide bonds. The second-order valence-electron chi connectivity index (χ2n) is 8.49. The van der Waals surface area contributed by atoms with Gasteiger partial charge in [-0.15, -0.1) is 0 Å². The van der Waals surface area contributed by atoms with E-state index in [0.29, 0.717) is 41.2 Å². The van der Waals surface area contributed by atoms with Gasteiger partial charge in [-0.1, -0.05) is 38.6 Å². The maximum atomic E-state index is 13.7. The molecule has 7 nitrogen and oxygen atoms in total. The lowest BCUT2D eigenvalue weighted by atomic mass is 9.98. The Morgan fingerprint density at radius 2 is 1.91 bits per heavy atom. The molecule has 3 aromatic rings. The molecule has 4 rings (SSSR count). The maximum Gasteiger partial charge on any atom is 0.290 e. The summed E-state index contributed by atoms with van der Waals surface area (Å²) in [7, 11) is 1.55. The number of amides is 1. The van der Waals surface area contributed by atoms with Crippen LogP contribution in [0.2, 0.25) is 0 Å². The summed E-state index contributed by atoms with van der Waals surface area (Å²) >= 11 is 0. The molecule has 0 aliphatic carbocycles. The Labute approximate surface area is 205 Å². The van der Waals surface area contributed by atoms with Crippen molar-refractivity contribution in [2.24, 2.45) is 0 Å². The molecule has 0 spiro atoms. The van der Waals surface area contributed by atoms with Crippen LogP contribution in [0.25, 0.3) is 11.0 Å². The first kappa shape index (κ1) is 24.5. The summed E-state index contributed by atoms with van der Waals surface area (Å²) < 4.78 is 17.1. The first-order valence-electron chi connectivity index (χ1n) is 12.0. The fourth-order valence-electron chi connectivity index (χ4n) is 4.64. The molecule has 1 unspecified atom stereocenters. The summed E-state index contributed by atoms with van der Waals surface area (Å²) in [6, 6.07) is 12.0. The van der Waals surface area contributed by atoms with E-state index in [0.717, 1.165) is 31.6 Å². The Morgan fingerprint density at radius 3 is 2.63 bits per heavy atom. The zero-order valence-electron chi connectivity index (χ0n) is 20.6. The van der Waals surface area contributed by atoms with Crippen molar-refractivity contribution >= 4 is 16.9 Å². The van der Waals surface area contributed by atoms with Gasteiger partial charge in [0.05, 0.1) is 24.1 Å². The number of methoxy groups -OCH3 is 1. The summed E-state index contributed by atoms with van der Waals surface area (Å²) in [5.41, 5.74) is 1.32. The van der Waals surface area contributed by atoms with Crippen molar-refractivity contribution in [3.05, 3.63) is 82.2 Å². The highest BCUT2D eigenvalue weighted by atomic mass is 16.5. The zero-order chi connectivity index (χ0) is 24.9. The minimum atomic E-state index is -0.552. The van der Waals surface area contributed by atoms with E-state index in [-0.39, 0.29) is 17.1 Å². The molecule has 1 aromatic heterocycles. The Kier molecular flexibility index (Phi) is 7.56. The van der Waals surface area contributed by atoms with Crippen molar-refractivity contribution in [3.63, 3.8) is 0 Å². The molecule has 2 aromatic carbocycles. The van der Waals surface area contributed by atoms with E-state index in [4.69, 9.17) is 13.9 Å². The molecule has 1 atom stereocenters. The topological polar surface area (TPSA) is 72.2 Å². The average molecular weight is 477 g/mol. The van der Waals surface area contributed by atoms with Crippen molar-refractivity contribution in [1.29, 1.82) is 0 Å². The molecule has 35 heavy (non-hydrogen) atoms. The molecule has 0 saturated heterocycles. The molecule has 0 saturated carbocycles. The summed E-state index contributed by atoms with van der Waals surface area (Å²) in [5.74, 6) is 1.04. The second kappa shape index (κ2) is 10.8. The minimum absolute atomic E-state index is 0.0982.